The number of ether oxygens (including phenoxy) is 1. The average molecular weight is 260 g/mol. The molecule has 19 heavy (non-hydrogen) atoms. The van der Waals surface area contributed by atoms with Crippen molar-refractivity contribution in [2.24, 2.45) is 0 Å². The number of hydrogen-bond donors (Lipinski definition) is 1. The SMILES string of the molecule is COc1ccccc1[C@@H](C)NC1CCN2CCCC12. The lowest BCUT2D eigenvalue weighted by Gasteiger charge is -2.26. The van der Waals surface area contributed by atoms with Crippen molar-refractivity contribution in [1.29, 1.82) is 0 Å². The van der Waals surface area contributed by atoms with Gasteiger partial charge in [0.1, 0.15) is 5.75 Å². The van der Waals surface area contributed by atoms with Gasteiger partial charge in [0.05, 0.1) is 7.11 Å². The van der Waals surface area contributed by atoms with Gasteiger partial charge in [0.2, 0.25) is 0 Å². The third-order valence-electron chi connectivity index (χ3n) is 4.68. The standard InChI is InChI=1S/C16H24N2O/c1-12(13-6-3-4-8-16(13)19-2)17-14-9-11-18-10-5-7-15(14)18/h3-4,6,8,12,14-15,17H,5,7,9-11H2,1-2H3/t12-,14?,15?/m1/s1. The van der Waals surface area contributed by atoms with Crippen molar-refractivity contribution in [3.05, 3.63) is 29.8 Å². The Hall–Kier alpha value is -1.06. The molecule has 3 rings (SSSR count). The van der Waals surface area contributed by atoms with Crippen molar-refractivity contribution in [3.8, 4) is 5.75 Å². The normalized spacial score (nSPS) is 28.3. The molecule has 2 heterocycles. The van der Waals surface area contributed by atoms with Gasteiger partial charge in [-0.15, -0.1) is 0 Å². The molecule has 2 aliphatic rings. The Morgan fingerprint density at radius 2 is 2.11 bits per heavy atom. The van der Waals surface area contributed by atoms with Crippen LogP contribution in [0.1, 0.15) is 37.8 Å². The van der Waals surface area contributed by atoms with E-state index in [0.29, 0.717) is 12.1 Å². The second-order valence-electron chi connectivity index (χ2n) is 5.77. The van der Waals surface area contributed by atoms with Gasteiger partial charge in [0, 0.05) is 30.2 Å². The Kier molecular flexibility index (Phi) is 3.76. The van der Waals surface area contributed by atoms with Gasteiger partial charge in [0.25, 0.3) is 0 Å². The van der Waals surface area contributed by atoms with Crippen molar-refractivity contribution in [1.82, 2.24) is 10.2 Å². The molecule has 1 aromatic carbocycles. The Bertz CT molecular complexity index is 435. The molecule has 0 radical (unpaired) electrons. The second kappa shape index (κ2) is 5.51. The smallest absolute Gasteiger partial charge is 0.123 e. The van der Waals surface area contributed by atoms with Gasteiger partial charge in [-0.2, -0.15) is 0 Å². The molecule has 2 saturated heterocycles. The molecule has 2 unspecified atom stereocenters. The Morgan fingerprint density at radius 3 is 2.95 bits per heavy atom. The van der Waals surface area contributed by atoms with Crippen LogP contribution in [0.4, 0.5) is 0 Å². The second-order valence-corrected chi connectivity index (χ2v) is 5.77. The van der Waals surface area contributed by atoms with E-state index in [0.717, 1.165) is 11.8 Å². The highest BCUT2D eigenvalue weighted by Gasteiger charge is 2.37. The summed E-state index contributed by atoms with van der Waals surface area (Å²) in [6.45, 7) is 4.81. The van der Waals surface area contributed by atoms with Crippen LogP contribution in [0.5, 0.6) is 5.75 Å². The summed E-state index contributed by atoms with van der Waals surface area (Å²) in [7, 11) is 1.75. The Labute approximate surface area is 115 Å². The molecule has 2 fully saturated rings. The summed E-state index contributed by atoms with van der Waals surface area (Å²) in [4.78, 5) is 2.65. The quantitative estimate of drug-likeness (QED) is 0.900. The van der Waals surface area contributed by atoms with E-state index in [-0.39, 0.29) is 0 Å². The number of para-hydroxylation sites is 1. The molecule has 0 saturated carbocycles. The lowest BCUT2D eigenvalue weighted by molar-refractivity contribution is 0.290. The number of fused-ring (bicyclic) bond motifs is 1. The molecule has 0 aromatic heterocycles. The first kappa shape index (κ1) is 12.9. The van der Waals surface area contributed by atoms with Crippen molar-refractivity contribution < 1.29 is 4.74 Å². The minimum atomic E-state index is 0.349. The van der Waals surface area contributed by atoms with Crippen molar-refractivity contribution in [2.75, 3.05) is 20.2 Å². The van der Waals surface area contributed by atoms with E-state index in [9.17, 15) is 0 Å². The highest BCUT2D eigenvalue weighted by atomic mass is 16.5. The summed E-state index contributed by atoms with van der Waals surface area (Å²) in [6.07, 6.45) is 4.01. The fourth-order valence-corrected chi connectivity index (χ4v) is 3.71. The van der Waals surface area contributed by atoms with Crippen molar-refractivity contribution >= 4 is 0 Å². The predicted molar refractivity (Wildman–Crippen MR) is 77.5 cm³/mol. The molecule has 3 heteroatoms. The first-order chi connectivity index (χ1) is 9.29. The van der Waals surface area contributed by atoms with Crippen LogP contribution in [0, 0.1) is 0 Å². The molecule has 1 aromatic rings. The number of benzene rings is 1. The highest BCUT2D eigenvalue weighted by Crippen LogP contribution is 2.31. The monoisotopic (exact) mass is 260 g/mol. The van der Waals surface area contributed by atoms with Crippen molar-refractivity contribution in [3.63, 3.8) is 0 Å². The molecular weight excluding hydrogens is 236 g/mol. The average Bonchev–Trinajstić information content (AvgIpc) is 3.03. The molecule has 3 atom stereocenters. The topological polar surface area (TPSA) is 24.5 Å². The lowest BCUT2D eigenvalue weighted by atomic mass is 10.0. The Morgan fingerprint density at radius 1 is 1.26 bits per heavy atom. The van der Waals surface area contributed by atoms with Gasteiger partial charge in [0.15, 0.2) is 0 Å². The predicted octanol–water partition coefficient (Wildman–Crippen LogP) is 2.58. The van der Waals surface area contributed by atoms with Gasteiger partial charge in [-0.1, -0.05) is 18.2 Å². The van der Waals surface area contributed by atoms with E-state index in [1.165, 1.54) is 37.9 Å². The number of nitrogens with one attached hydrogen (secondary N) is 1. The minimum absolute atomic E-state index is 0.349. The van der Waals surface area contributed by atoms with Gasteiger partial charge >= 0.3 is 0 Å². The molecule has 3 nitrogen and oxygen atoms in total. The van der Waals surface area contributed by atoms with Gasteiger partial charge in [-0.05, 0) is 38.8 Å². The van der Waals surface area contributed by atoms with Gasteiger partial charge < -0.3 is 10.1 Å². The summed E-state index contributed by atoms with van der Waals surface area (Å²) < 4.78 is 5.47. The largest absolute Gasteiger partial charge is 0.496 e. The minimum Gasteiger partial charge on any atom is -0.496 e. The van der Waals surface area contributed by atoms with Crippen LogP contribution < -0.4 is 10.1 Å². The van der Waals surface area contributed by atoms with E-state index in [1.807, 2.05) is 12.1 Å². The zero-order chi connectivity index (χ0) is 13.2. The van der Waals surface area contributed by atoms with Crippen LogP contribution in [0.2, 0.25) is 0 Å². The van der Waals surface area contributed by atoms with Crippen LogP contribution in [0.3, 0.4) is 0 Å². The molecule has 0 aliphatic carbocycles. The fraction of sp³-hybridized carbons (Fsp3) is 0.625. The lowest BCUT2D eigenvalue weighted by Crippen LogP contribution is -2.40. The summed E-state index contributed by atoms with van der Waals surface area (Å²) in [5.74, 6) is 0.990. The zero-order valence-corrected chi connectivity index (χ0v) is 11.9. The van der Waals surface area contributed by atoms with Gasteiger partial charge in [-0.3, -0.25) is 4.90 Å². The van der Waals surface area contributed by atoms with Crippen LogP contribution in [0.15, 0.2) is 24.3 Å². The van der Waals surface area contributed by atoms with Gasteiger partial charge in [-0.25, -0.2) is 0 Å². The molecule has 0 bridgehead atoms. The molecule has 104 valence electrons. The third-order valence-corrected chi connectivity index (χ3v) is 4.68. The maximum absolute atomic E-state index is 5.47. The van der Waals surface area contributed by atoms with E-state index in [4.69, 9.17) is 4.74 Å². The molecule has 0 amide bonds. The highest BCUT2D eigenvalue weighted by molar-refractivity contribution is 5.35. The van der Waals surface area contributed by atoms with Crippen LogP contribution in [-0.4, -0.2) is 37.2 Å². The van der Waals surface area contributed by atoms with E-state index in [1.54, 1.807) is 7.11 Å². The number of hydrogen-bond acceptors (Lipinski definition) is 3. The van der Waals surface area contributed by atoms with E-state index in [2.05, 4.69) is 29.3 Å². The number of rotatable bonds is 4. The summed E-state index contributed by atoms with van der Waals surface area (Å²) in [5.41, 5.74) is 1.27. The maximum Gasteiger partial charge on any atom is 0.123 e. The molecule has 2 aliphatic heterocycles. The zero-order valence-electron chi connectivity index (χ0n) is 11.9. The first-order valence-electron chi connectivity index (χ1n) is 7.42. The third kappa shape index (κ3) is 2.49. The maximum atomic E-state index is 5.47. The van der Waals surface area contributed by atoms with E-state index < -0.39 is 0 Å². The van der Waals surface area contributed by atoms with Crippen molar-refractivity contribution in [2.45, 2.75) is 44.3 Å². The van der Waals surface area contributed by atoms with Crippen LogP contribution >= 0.6 is 0 Å². The molecular formula is C16H24N2O. The van der Waals surface area contributed by atoms with Crippen LogP contribution in [-0.2, 0) is 0 Å². The Balaban J connectivity index is 1.69. The van der Waals surface area contributed by atoms with Crippen LogP contribution in [0.25, 0.3) is 0 Å². The first-order valence-corrected chi connectivity index (χ1v) is 7.42. The number of methoxy groups -OCH3 is 1. The number of nitrogens with zero attached hydrogens (tertiary/aromatic N) is 1. The van der Waals surface area contributed by atoms with E-state index >= 15 is 0 Å². The summed E-state index contributed by atoms with van der Waals surface area (Å²) in [5, 5.41) is 3.82. The summed E-state index contributed by atoms with van der Waals surface area (Å²) in [6, 6.07) is 10.1. The molecule has 1 N–H and O–H groups in total. The summed E-state index contributed by atoms with van der Waals surface area (Å²) >= 11 is 0. The fourth-order valence-electron chi connectivity index (χ4n) is 3.71. The molecule has 0 spiro atoms.